The van der Waals surface area contributed by atoms with E-state index in [2.05, 4.69) is 144 Å². The monoisotopic (exact) mass is 541 g/mol. The van der Waals surface area contributed by atoms with Gasteiger partial charge in [0.2, 0.25) is 0 Å². The Morgan fingerprint density at radius 1 is 0.571 bits per heavy atom. The van der Waals surface area contributed by atoms with Gasteiger partial charge >= 0.3 is 0 Å². The summed E-state index contributed by atoms with van der Waals surface area (Å²) in [6.45, 7) is 0. The van der Waals surface area contributed by atoms with Gasteiger partial charge in [-0.2, -0.15) is 0 Å². The van der Waals surface area contributed by atoms with Crippen LogP contribution in [0.1, 0.15) is 35.1 Å². The SMILES string of the molecule is C1=Cc2cccc(N(c3ccc4ccccc4c3)c3ccc4cc(OC5=CCCc6ccccc65)ccc4c3)c2CC1. The van der Waals surface area contributed by atoms with Gasteiger partial charge in [-0.15, -0.1) is 0 Å². The summed E-state index contributed by atoms with van der Waals surface area (Å²) in [5.41, 5.74) is 8.83. The van der Waals surface area contributed by atoms with Crippen molar-refractivity contribution in [3.05, 3.63) is 156 Å². The quantitative estimate of drug-likeness (QED) is 0.215. The van der Waals surface area contributed by atoms with Crippen LogP contribution in [0.2, 0.25) is 0 Å². The maximum Gasteiger partial charge on any atom is 0.130 e. The smallest absolute Gasteiger partial charge is 0.130 e. The topological polar surface area (TPSA) is 12.5 Å². The highest BCUT2D eigenvalue weighted by atomic mass is 16.5. The molecule has 0 spiro atoms. The molecule has 0 amide bonds. The minimum atomic E-state index is 0.869. The molecule has 8 rings (SSSR count). The molecule has 0 aliphatic heterocycles. The summed E-state index contributed by atoms with van der Waals surface area (Å²) in [6.07, 6.45) is 10.9. The Kier molecular flexibility index (Phi) is 6.11. The summed E-state index contributed by atoms with van der Waals surface area (Å²) in [7, 11) is 0. The average molecular weight is 542 g/mol. The first-order chi connectivity index (χ1) is 20.8. The molecule has 2 nitrogen and oxygen atoms in total. The molecule has 0 heterocycles. The van der Waals surface area contributed by atoms with Crippen molar-refractivity contribution in [3.63, 3.8) is 0 Å². The number of ether oxygens (including phenoxy) is 1. The number of hydrogen-bond donors (Lipinski definition) is 0. The predicted octanol–water partition coefficient (Wildman–Crippen LogP) is 10.8. The third-order valence-electron chi connectivity index (χ3n) is 8.59. The minimum Gasteiger partial charge on any atom is -0.457 e. The molecule has 0 atom stereocenters. The Hall–Kier alpha value is -5.08. The van der Waals surface area contributed by atoms with Crippen LogP contribution in [0.15, 0.2) is 133 Å². The van der Waals surface area contributed by atoms with Crippen molar-refractivity contribution >= 4 is 50.4 Å². The van der Waals surface area contributed by atoms with Crippen LogP contribution in [0.3, 0.4) is 0 Å². The molecule has 0 bridgehead atoms. The molecule has 0 aromatic heterocycles. The van der Waals surface area contributed by atoms with Crippen molar-refractivity contribution in [2.24, 2.45) is 0 Å². The van der Waals surface area contributed by atoms with E-state index < -0.39 is 0 Å². The van der Waals surface area contributed by atoms with Crippen molar-refractivity contribution < 1.29 is 4.74 Å². The first-order valence-corrected chi connectivity index (χ1v) is 14.9. The van der Waals surface area contributed by atoms with Gasteiger partial charge in [-0.3, -0.25) is 0 Å². The lowest BCUT2D eigenvalue weighted by molar-refractivity contribution is 0.510. The molecular weight excluding hydrogens is 510 g/mol. The normalized spacial score (nSPS) is 13.9. The lowest BCUT2D eigenvalue weighted by Gasteiger charge is -2.30. The van der Waals surface area contributed by atoms with Crippen LogP contribution in [0.25, 0.3) is 33.4 Å². The van der Waals surface area contributed by atoms with Gasteiger partial charge in [0.25, 0.3) is 0 Å². The molecule has 0 unspecified atom stereocenters. The fourth-order valence-electron chi connectivity index (χ4n) is 6.50. The molecule has 6 aromatic rings. The van der Waals surface area contributed by atoms with Crippen LogP contribution < -0.4 is 9.64 Å². The predicted molar refractivity (Wildman–Crippen MR) is 177 cm³/mol. The van der Waals surface area contributed by atoms with Crippen LogP contribution in [-0.2, 0) is 12.8 Å². The van der Waals surface area contributed by atoms with Gasteiger partial charge in [0.05, 0.1) is 0 Å². The molecule has 2 heteroatoms. The first-order valence-electron chi connectivity index (χ1n) is 14.9. The number of hydrogen-bond acceptors (Lipinski definition) is 2. The molecule has 0 saturated heterocycles. The highest BCUT2D eigenvalue weighted by Crippen LogP contribution is 2.42. The molecular formula is C40H31NO. The Bertz CT molecular complexity index is 2030. The van der Waals surface area contributed by atoms with Crippen LogP contribution in [0, 0.1) is 0 Å². The highest BCUT2D eigenvalue weighted by molar-refractivity contribution is 5.94. The Balaban J connectivity index is 1.21. The van der Waals surface area contributed by atoms with Gasteiger partial charge in [-0.1, -0.05) is 91.0 Å². The zero-order valence-corrected chi connectivity index (χ0v) is 23.5. The van der Waals surface area contributed by atoms with Crippen LogP contribution in [-0.4, -0.2) is 0 Å². The van der Waals surface area contributed by atoms with E-state index in [0.29, 0.717) is 0 Å². The second-order valence-electron chi connectivity index (χ2n) is 11.2. The second-order valence-corrected chi connectivity index (χ2v) is 11.2. The summed E-state index contributed by atoms with van der Waals surface area (Å²) in [5.74, 6) is 1.83. The molecule has 0 radical (unpaired) electrons. The Morgan fingerprint density at radius 2 is 1.31 bits per heavy atom. The Morgan fingerprint density at radius 3 is 2.21 bits per heavy atom. The van der Waals surface area contributed by atoms with Crippen molar-refractivity contribution in [2.75, 3.05) is 4.90 Å². The number of anilines is 3. The van der Waals surface area contributed by atoms with Gasteiger partial charge in [0, 0.05) is 22.6 Å². The van der Waals surface area contributed by atoms with E-state index in [0.717, 1.165) is 48.3 Å². The van der Waals surface area contributed by atoms with Gasteiger partial charge in [0.1, 0.15) is 11.5 Å². The summed E-state index contributed by atoms with van der Waals surface area (Å²) in [4.78, 5) is 2.43. The van der Waals surface area contributed by atoms with E-state index in [-0.39, 0.29) is 0 Å². The van der Waals surface area contributed by atoms with E-state index >= 15 is 0 Å². The number of rotatable bonds is 5. The molecule has 202 valence electrons. The van der Waals surface area contributed by atoms with Crippen LogP contribution in [0.5, 0.6) is 5.75 Å². The lowest BCUT2D eigenvalue weighted by Crippen LogP contribution is -2.13. The molecule has 0 N–H and O–H groups in total. The number of benzene rings is 6. The van der Waals surface area contributed by atoms with Gasteiger partial charge in [0.15, 0.2) is 0 Å². The Labute approximate surface area is 246 Å². The van der Waals surface area contributed by atoms with Gasteiger partial charge < -0.3 is 9.64 Å². The summed E-state index contributed by atoms with van der Waals surface area (Å²) in [6, 6.07) is 43.8. The maximum atomic E-state index is 6.45. The van der Waals surface area contributed by atoms with Gasteiger partial charge in [-0.05, 0) is 112 Å². The average Bonchev–Trinajstić information content (AvgIpc) is 3.05. The van der Waals surface area contributed by atoms with Crippen molar-refractivity contribution in [2.45, 2.75) is 25.7 Å². The second kappa shape index (κ2) is 10.4. The maximum absolute atomic E-state index is 6.45. The standard InChI is InChI=1S/C40H31NO/c1-2-12-31-25-34(22-19-28(31)9-1)41(39-17-7-13-29-10-3-5-15-37(29)39)35-23-20-33-27-36(24-21-32(33)26-35)42-40-18-8-14-30-11-4-6-16-38(30)40/h1-4,6-7,9-13,16-27H,5,8,14-15H2. The van der Waals surface area contributed by atoms with Crippen molar-refractivity contribution in [1.82, 2.24) is 0 Å². The molecule has 42 heavy (non-hydrogen) atoms. The number of aryl methyl sites for hydroxylation is 1. The van der Waals surface area contributed by atoms with E-state index in [1.54, 1.807) is 0 Å². The largest absolute Gasteiger partial charge is 0.457 e. The summed E-state index contributed by atoms with van der Waals surface area (Å²) < 4.78 is 6.45. The molecule has 0 fully saturated rings. The van der Waals surface area contributed by atoms with E-state index in [4.69, 9.17) is 4.74 Å². The third kappa shape index (κ3) is 4.46. The zero-order chi connectivity index (χ0) is 27.9. The minimum absolute atomic E-state index is 0.869. The van der Waals surface area contributed by atoms with Crippen molar-refractivity contribution in [3.8, 4) is 5.75 Å². The van der Waals surface area contributed by atoms with E-state index in [1.807, 2.05) is 0 Å². The number of nitrogens with zero attached hydrogens (tertiary/aromatic N) is 1. The molecule has 2 aliphatic rings. The lowest BCUT2D eigenvalue weighted by atomic mass is 9.94. The number of fused-ring (bicyclic) bond motifs is 4. The molecule has 2 aliphatic carbocycles. The summed E-state index contributed by atoms with van der Waals surface area (Å²) in [5, 5.41) is 4.85. The molecule has 6 aromatic carbocycles. The first kappa shape index (κ1) is 24.7. The van der Waals surface area contributed by atoms with Crippen LogP contribution >= 0.6 is 0 Å². The fraction of sp³-hybridized carbons (Fsp3) is 0.100. The van der Waals surface area contributed by atoms with Crippen LogP contribution in [0.4, 0.5) is 17.1 Å². The van der Waals surface area contributed by atoms with E-state index in [1.165, 1.54) is 49.8 Å². The number of allylic oxidation sites excluding steroid dienone is 2. The zero-order valence-electron chi connectivity index (χ0n) is 23.5. The van der Waals surface area contributed by atoms with Gasteiger partial charge in [-0.25, -0.2) is 0 Å². The fourth-order valence-corrected chi connectivity index (χ4v) is 6.50. The third-order valence-corrected chi connectivity index (χ3v) is 8.59. The molecule has 0 saturated carbocycles. The van der Waals surface area contributed by atoms with Crippen molar-refractivity contribution in [1.29, 1.82) is 0 Å². The highest BCUT2D eigenvalue weighted by Gasteiger charge is 2.20. The summed E-state index contributed by atoms with van der Waals surface area (Å²) >= 11 is 0. The van der Waals surface area contributed by atoms with E-state index in [9.17, 15) is 0 Å².